The van der Waals surface area contributed by atoms with Crippen molar-refractivity contribution in [1.29, 1.82) is 0 Å². The number of alkyl halides is 1. The van der Waals surface area contributed by atoms with Crippen molar-refractivity contribution < 1.29 is 18.6 Å². The van der Waals surface area contributed by atoms with Crippen molar-refractivity contribution >= 4 is 5.69 Å². The summed E-state index contributed by atoms with van der Waals surface area (Å²) in [6, 6.07) is 17.0. The van der Waals surface area contributed by atoms with Crippen molar-refractivity contribution in [2.45, 2.75) is 98.3 Å². The lowest BCUT2D eigenvalue weighted by atomic mass is 9.82. The minimum absolute atomic E-state index is 0.0143. The maximum Gasteiger partial charge on any atom is 0.167 e. The van der Waals surface area contributed by atoms with Crippen LogP contribution in [0, 0.1) is 18.7 Å². The van der Waals surface area contributed by atoms with Gasteiger partial charge in [0, 0.05) is 31.6 Å². The zero-order valence-electron chi connectivity index (χ0n) is 27.7. The molecule has 1 atom stereocenters. The molecule has 0 radical (unpaired) electrons. The molecule has 6 heteroatoms. The molecule has 0 spiro atoms. The van der Waals surface area contributed by atoms with Crippen LogP contribution < -0.4 is 10.1 Å². The standard InChI is InChI=1S/C18H23FN2O.C18H25F.CH4O/c1-6-13-8-7-12(2)21-17(13)18(3,4)22-16-10-9-14(20-5)11-15(16)19;1-4-18(19,14(2)3)17-12-10-16(11-13-17)9-8-15-6-5-7-15;1-2/h7-11,20H,6H2,1-5H3;8,10-14H,4-7,9H2,1-3H3;2H,1H3. The van der Waals surface area contributed by atoms with Gasteiger partial charge in [-0.2, -0.15) is 0 Å². The van der Waals surface area contributed by atoms with E-state index in [1.54, 1.807) is 24.8 Å². The molecule has 1 heterocycles. The zero-order chi connectivity index (χ0) is 32.2. The van der Waals surface area contributed by atoms with E-state index in [2.05, 4.69) is 41.5 Å². The van der Waals surface area contributed by atoms with Crippen LogP contribution in [0.25, 0.3) is 0 Å². The minimum atomic E-state index is -1.19. The Morgan fingerprint density at radius 3 is 2.16 bits per heavy atom. The molecule has 1 unspecified atom stereocenters. The van der Waals surface area contributed by atoms with Gasteiger partial charge in [0.1, 0.15) is 11.3 Å². The Bertz CT molecular complexity index is 1310. The molecule has 3 aromatic rings. The molecule has 1 aliphatic rings. The van der Waals surface area contributed by atoms with Crippen LogP contribution in [0.15, 0.2) is 66.2 Å². The first-order valence-electron chi connectivity index (χ1n) is 15.5. The number of hydrogen-bond acceptors (Lipinski definition) is 4. The molecule has 1 aliphatic carbocycles. The number of nitrogens with zero attached hydrogens (tertiary/aromatic N) is 1. The molecule has 1 fully saturated rings. The molecule has 0 aliphatic heterocycles. The van der Waals surface area contributed by atoms with Crippen LogP contribution in [0.5, 0.6) is 5.75 Å². The van der Waals surface area contributed by atoms with Gasteiger partial charge in [-0.1, -0.05) is 69.7 Å². The molecule has 43 heavy (non-hydrogen) atoms. The van der Waals surface area contributed by atoms with E-state index in [9.17, 15) is 8.78 Å². The monoisotopic (exact) mass is 594 g/mol. The number of allylic oxidation sites excluding steroid dienone is 2. The summed E-state index contributed by atoms with van der Waals surface area (Å²) in [6.07, 6.45) is 8.61. The number of anilines is 1. The van der Waals surface area contributed by atoms with Crippen LogP contribution in [0.3, 0.4) is 0 Å². The summed E-state index contributed by atoms with van der Waals surface area (Å²) in [5, 5.41) is 9.91. The highest BCUT2D eigenvalue weighted by Crippen LogP contribution is 2.37. The first-order chi connectivity index (χ1) is 20.4. The molecule has 0 amide bonds. The summed E-state index contributed by atoms with van der Waals surface area (Å²) in [4.78, 5) is 4.62. The number of pyridine rings is 1. The van der Waals surface area contributed by atoms with Crippen molar-refractivity contribution in [2.75, 3.05) is 19.5 Å². The van der Waals surface area contributed by atoms with Gasteiger partial charge in [-0.25, -0.2) is 8.78 Å². The molecule has 2 N–H and O–H groups in total. The van der Waals surface area contributed by atoms with Crippen LogP contribution in [-0.2, 0) is 24.1 Å². The smallest absolute Gasteiger partial charge is 0.167 e. The number of rotatable bonds is 10. The average molecular weight is 595 g/mol. The lowest BCUT2D eigenvalue weighted by Crippen LogP contribution is -2.29. The highest BCUT2D eigenvalue weighted by molar-refractivity contribution is 5.47. The van der Waals surface area contributed by atoms with Crippen LogP contribution in [0.2, 0.25) is 0 Å². The van der Waals surface area contributed by atoms with Gasteiger partial charge in [0.05, 0.1) is 5.69 Å². The molecule has 0 bridgehead atoms. The number of halogens is 2. The SMILES string of the molecule is CCC(F)(c1ccc(CC=C2CCC2)cc1)C(C)C.CCc1ccc(C)nc1C(C)(C)Oc1ccc(NC)cc1F.CO. The van der Waals surface area contributed by atoms with Gasteiger partial charge in [-0.3, -0.25) is 4.98 Å². The van der Waals surface area contributed by atoms with Crippen LogP contribution in [0.1, 0.15) is 95.3 Å². The van der Waals surface area contributed by atoms with Gasteiger partial charge < -0.3 is 15.2 Å². The highest BCUT2D eigenvalue weighted by atomic mass is 19.1. The Morgan fingerprint density at radius 2 is 1.67 bits per heavy atom. The third-order valence-corrected chi connectivity index (χ3v) is 8.14. The van der Waals surface area contributed by atoms with Gasteiger partial charge >= 0.3 is 0 Å². The zero-order valence-corrected chi connectivity index (χ0v) is 27.7. The molecule has 1 aromatic heterocycles. The number of aromatic nitrogens is 1. The summed E-state index contributed by atoms with van der Waals surface area (Å²) in [6.45, 7) is 13.7. The lowest BCUT2D eigenvalue weighted by Gasteiger charge is -2.28. The topological polar surface area (TPSA) is 54.4 Å². The number of ether oxygens (including phenoxy) is 1. The second-order valence-electron chi connectivity index (χ2n) is 11.8. The molecular formula is C37H52F2N2O2. The Hall–Kier alpha value is -3.25. The van der Waals surface area contributed by atoms with E-state index in [4.69, 9.17) is 9.84 Å². The molecule has 0 saturated heterocycles. The van der Waals surface area contributed by atoms with E-state index >= 15 is 0 Å². The minimum Gasteiger partial charge on any atom is -0.478 e. The summed E-state index contributed by atoms with van der Waals surface area (Å²) >= 11 is 0. The van der Waals surface area contributed by atoms with Gasteiger partial charge in [0.25, 0.3) is 0 Å². The van der Waals surface area contributed by atoms with Gasteiger partial charge in [0.15, 0.2) is 11.6 Å². The molecule has 4 rings (SSSR count). The number of benzene rings is 2. The van der Waals surface area contributed by atoms with E-state index < -0.39 is 11.3 Å². The van der Waals surface area contributed by atoms with Crippen LogP contribution in [-0.4, -0.2) is 24.2 Å². The van der Waals surface area contributed by atoms with E-state index in [1.807, 2.05) is 59.7 Å². The molecule has 4 nitrogen and oxygen atoms in total. The fourth-order valence-corrected chi connectivity index (χ4v) is 5.17. The molecule has 1 saturated carbocycles. The predicted molar refractivity (Wildman–Crippen MR) is 176 cm³/mol. The Labute approximate surface area is 258 Å². The number of hydrogen-bond donors (Lipinski definition) is 2. The molecule has 236 valence electrons. The summed E-state index contributed by atoms with van der Waals surface area (Å²) in [7, 11) is 2.75. The van der Waals surface area contributed by atoms with E-state index in [0.29, 0.717) is 12.1 Å². The predicted octanol–water partition coefficient (Wildman–Crippen LogP) is 9.63. The van der Waals surface area contributed by atoms with Crippen molar-refractivity contribution in [3.63, 3.8) is 0 Å². The van der Waals surface area contributed by atoms with Gasteiger partial charge in [0.2, 0.25) is 0 Å². The number of aryl methyl sites for hydroxylation is 2. The largest absolute Gasteiger partial charge is 0.478 e. The molecular weight excluding hydrogens is 542 g/mol. The Morgan fingerprint density at radius 1 is 1.02 bits per heavy atom. The van der Waals surface area contributed by atoms with Gasteiger partial charge in [-0.15, -0.1) is 0 Å². The Kier molecular flexibility index (Phi) is 13.8. The van der Waals surface area contributed by atoms with Crippen LogP contribution in [0.4, 0.5) is 14.5 Å². The number of aliphatic hydroxyl groups excluding tert-OH is 1. The quantitative estimate of drug-likeness (QED) is 0.230. The summed E-state index contributed by atoms with van der Waals surface area (Å²) in [5.41, 5.74) is 5.40. The maximum absolute atomic E-state index is 14.9. The normalized spacial score (nSPS) is 13.9. The summed E-state index contributed by atoms with van der Waals surface area (Å²) < 4.78 is 35.0. The summed E-state index contributed by atoms with van der Waals surface area (Å²) in [5.74, 6) is -0.138. The highest BCUT2D eigenvalue weighted by Gasteiger charge is 2.33. The number of nitrogens with one attached hydrogen (secondary N) is 1. The lowest BCUT2D eigenvalue weighted by molar-refractivity contribution is 0.0935. The second kappa shape index (κ2) is 16.6. The van der Waals surface area contributed by atoms with Crippen molar-refractivity contribution in [2.24, 2.45) is 5.92 Å². The van der Waals surface area contributed by atoms with Crippen LogP contribution >= 0.6 is 0 Å². The number of aliphatic hydroxyl groups is 1. The van der Waals surface area contributed by atoms with E-state index in [1.165, 1.54) is 30.9 Å². The second-order valence-corrected chi connectivity index (χ2v) is 11.8. The van der Waals surface area contributed by atoms with Gasteiger partial charge in [-0.05, 0) is 100 Å². The molecule has 2 aromatic carbocycles. The van der Waals surface area contributed by atoms with Crippen molar-refractivity contribution in [3.05, 3.63) is 100 Å². The fourth-order valence-electron chi connectivity index (χ4n) is 5.17. The fraction of sp³-hybridized carbons (Fsp3) is 0.486. The first kappa shape index (κ1) is 35.9. The third kappa shape index (κ3) is 9.62. The Balaban J connectivity index is 0.000000286. The first-order valence-corrected chi connectivity index (χ1v) is 15.5. The van der Waals surface area contributed by atoms with Crippen molar-refractivity contribution in [3.8, 4) is 5.75 Å². The van der Waals surface area contributed by atoms with E-state index in [-0.39, 0.29) is 17.5 Å². The van der Waals surface area contributed by atoms with Crippen molar-refractivity contribution in [1.82, 2.24) is 4.98 Å². The third-order valence-electron chi connectivity index (χ3n) is 8.14. The maximum atomic E-state index is 14.9. The average Bonchev–Trinajstić information content (AvgIpc) is 2.98. The van der Waals surface area contributed by atoms with E-state index in [0.717, 1.165) is 42.5 Å².